The minimum absolute atomic E-state index is 0.0153. The first-order valence-electron chi connectivity index (χ1n) is 7.64. The summed E-state index contributed by atoms with van der Waals surface area (Å²) in [5.41, 5.74) is 1.07. The van der Waals surface area contributed by atoms with E-state index < -0.39 is 0 Å². The lowest BCUT2D eigenvalue weighted by Gasteiger charge is -2.28. The Morgan fingerprint density at radius 3 is 2.76 bits per heavy atom. The summed E-state index contributed by atoms with van der Waals surface area (Å²) >= 11 is 3.56. The van der Waals surface area contributed by atoms with Crippen molar-refractivity contribution in [2.45, 2.75) is 37.9 Å². The van der Waals surface area contributed by atoms with Gasteiger partial charge >= 0.3 is 0 Å². The van der Waals surface area contributed by atoms with Gasteiger partial charge in [0.25, 0.3) is 0 Å². The molecule has 1 atom stereocenters. The smallest absolute Gasteiger partial charge is 0.167 e. The molecule has 1 aromatic carbocycles. The number of nitrogens with one attached hydrogen (secondary N) is 1. The zero-order valence-corrected chi connectivity index (χ0v) is 13.9. The van der Waals surface area contributed by atoms with Gasteiger partial charge in [-0.15, -0.1) is 0 Å². The molecule has 5 heteroatoms. The lowest BCUT2D eigenvalue weighted by molar-refractivity contribution is 0.0247. The van der Waals surface area contributed by atoms with Crippen LogP contribution < -0.4 is 14.8 Å². The van der Waals surface area contributed by atoms with Crippen LogP contribution >= 0.6 is 15.9 Å². The van der Waals surface area contributed by atoms with Crippen molar-refractivity contribution < 1.29 is 14.2 Å². The largest absolute Gasteiger partial charge is 0.493 e. The molecule has 0 aromatic heterocycles. The average Bonchev–Trinajstić information content (AvgIpc) is 3.02. The number of hydrogen-bond donors (Lipinski definition) is 1. The van der Waals surface area contributed by atoms with E-state index in [4.69, 9.17) is 14.2 Å². The minimum Gasteiger partial charge on any atom is -0.493 e. The van der Waals surface area contributed by atoms with Gasteiger partial charge in [-0.3, -0.25) is 0 Å². The quantitative estimate of drug-likeness (QED) is 0.897. The highest BCUT2D eigenvalue weighted by atomic mass is 79.9. The predicted molar refractivity (Wildman–Crippen MR) is 85.1 cm³/mol. The van der Waals surface area contributed by atoms with Gasteiger partial charge in [0.2, 0.25) is 0 Å². The Balaban J connectivity index is 1.92. The summed E-state index contributed by atoms with van der Waals surface area (Å²) in [6.45, 7) is 2.43. The molecule has 4 nitrogen and oxygen atoms in total. The summed E-state index contributed by atoms with van der Waals surface area (Å²) in [7, 11) is 1.69. The highest BCUT2D eigenvalue weighted by molar-refractivity contribution is 9.10. The maximum absolute atomic E-state index is 6.28. The van der Waals surface area contributed by atoms with Gasteiger partial charge in [0, 0.05) is 23.1 Å². The summed E-state index contributed by atoms with van der Waals surface area (Å²) < 4.78 is 18.7. The molecule has 0 spiro atoms. The first-order chi connectivity index (χ1) is 10.3. The third-order valence-electron chi connectivity index (χ3n) is 4.13. The minimum atomic E-state index is 0.0153. The van der Waals surface area contributed by atoms with Crippen LogP contribution in [0.15, 0.2) is 16.6 Å². The molecule has 3 rings (SSSR count). The van der Waals surface area contributed by atoms with E-state index in [2.05, 4.69) is 27.3 Å². The van der Waals surface area contributed by atoms with E-state index in [-0.39, 0.29) is 6.10 Å². The van der Waals surface area contributed by atoms with Crippen LogP contribution in [-0.2, 0) is 4.74 Å². The normalized spacial score (nSPS) is 23.2. The molecule has 1 N–H and O–H groups in total. The Kier molecular flexibility index (Phi) is 5.03. The Hall–Kier alpha value is -0.780. The van der Waals surface area contributed by atoms with Crippen LogP contribution in [0.1, 0.15) is 37.4 Å². The lowest BCUT2D eigenvalue weighted by atomic mass is 10.1. The van der Waals surface area contributed by atoms with E-state index >= 15 is 0 Å². The molecule has 1 aliphatic heterocycles. The Morgan fingerprint density at radius 1 is 1.29 bits per heavy atom. The maximum atomic E-state index is 6.28. The zero-order valence-electron chi connectivity index (χ0n) is 12.4. The van der Waals surface area contributed by atoms with Crippen molar-refractivity contribution in [2.75, 3.05) is 26.8 Å². The highest BCUT2D eigenvalue weighted by Crippen LogP contribution is 2.41. The number of halogens is 1. The SMILES string of the molecule is COc1cc(Br)cc(C2CNCCO2)c1OC1CCCC1. The fraction of sp³-hybridized carbons (Fsp3) is 0.625. The van der Waals surface area contributed by atoms with E-state index in [1.54, 1.807) is 7.11 Å². The van der Waals surface area contributed by atoms with E-state index in [1.165, 1.54) is 12.8 Å². The summed E-state index contributed by atoms with van der Waals surface area (Å²) in [6, 6.07) is 4.05. The molecule has 2 aliphatic rings. The van der Waals surface area contributed by atoms with Gasteiger partial charge < -0.3 is 19.5 Å². The number of ether oxygens (including phenoxy) is 3. The maximum Gasteiger partial charge on any atom is 0.167 e. The number of methoxy groups -OCH3 is 1. The second kappa shape index (κ2) is 6.99. The lowest BCUT2D eigenvalue weighted by Crippen LogP contribution is -2.33. The third-order valence-corrected chi connectivity index (χ3v) is 4.59. The molecule has 1 aliphatic carbocycles. The van der Waals surface area contributed by atoms with Crippen LogP contribution in [0.5, 0.6) is 11.5 Å². The van der Waals surface area contributed by atoms with Gasteiger partial charge in [0.15, 0.2) is 11.5 Å². The third kappa shape index (κ3) is 3.52. The molecule has 1 aromatic rings. The molecule has 0 amide bonds. The summed E-state index contributed by atoms with van der Waals surface area (Å²) in [5.74, 6) is 1.63. The monoisotopic (exact) mass is 355 g/mol. The first kappa shape index (κ1) is 15.1. The van der Waals surface area contributed by atoms with Gasteiger partial charge in [0.1, 0.15) is 0 Å². The van der Waals surface area contributed by atoms with Crippen molar-refractivity contribution >= 4 is 15.9 Å². The average molecular weight is 356 g/mol. The van der Waals surface area contributed by atoms with Crippen molar-refractivity contribution in [1.29, 1.82) is 0 Å². The first-order valence-corrected chi connectivity index (χ1v) is 8.43. The van der Waals surface area contributed by atoms with Crippen molar-refractivity contribution in [2.24, 2.45) is 0 Å². The molecule has 0 bridgehead atoms. The molecule has 1 unspecified atom stereocenters. The second-order valence-corrected chi connectivity index (χ2v) is 6.53. The van der Waals surface area contributed by atoms with Crippen LogP contribution in [0.3, 0.4) is 0 Å². The molecule has 21 heavy (non-hydrogen) atoms. The fourth-order valence-corrected chi connectivity index (χ4v) is 3.50. The van der Waals surface area contributed by atoms with Crippen LogP contribution in [0, 0.1) is 0 Å². The number of hydrogen-bond acceptors (Lipinski definition) is 4. The molecular weight excluding hydrogens is 334 g/mol. The van der Waals surface area contributed by atoms with Gasteiger partial charge in [-0.25, -0.2) is 0 Å². The predicted octanol–water partition coefficient (Wildman–Crippen LogP) is 3.44. The van der Waals surface area contributed by atoms with Crippen LogP contribution in [-0.4, -0.2) is 32.9 Å². The van der Waals surface area contributed by atoms with Crippen molar-refractivity contribution in [3.8, 4) is 11.5 Å². The summed E-state index contributed by atoms with van der Waals surface area (Å²) in [5, 5.41) is 3.37. The molecular formula is C16H22BrNO3. The van der Waals surface area contributed by atoms with Gasteiger partial charge in [-0.1, -0.05) is 15.9 Å². The summed E-state index contributed by atoms with van der Waals surface area (Å²) in [6.07, 6.45) is 5.07. The zero-order chi connectivity index (χ0) is 14.7. The number of morpholine rings is 1. The van der Waals surface area contributed by atoms with E-state index in [0.29, 0.717) is 6.10 Å². The number of rotatable bonds is 4. The van der Waals surface area contributed by atoms with E-state index in [0.717, 1.165) is 54.1 Å². The topological polar surface area (TPSA) is 39.7 Å². The second-order valence-electron chi connectivity index (χ2n) is 5.61. The molecule has 0 radical (unpaired) electrons. The van der Waals surface area contributed by atoms with Crippen LogP contribution in [0.4, 0.5) is 0 Å². The number of benzene rings is 1. The van der Waals surface area contributed by atoms with Gasteiger partial charge in [0.05, 0.1) is 25.9 Å². The molecule has 1 saturated carbocycles. The standard InChI is InChI=1S/C16H22BrNO3/c1-19-14-9-11(17)8-13(15-10-18-6-7-20-15)16(14)21-12-4-2-3-5-12/h8-9,12,15,18H,2-7,10H2,1H3. The molecule has 1 saturated heterocycles. The van der Waals surface area contributed by atoms with Crippen LogP contribution in [0.2, 0.25) is 0 Å². The Bertz CT molecular complexity index is 483. The van der Waals surface area contributed by atoms with E-state index in [1.807, 2.05) is 6.07 Å². The molecule has 1 heterocycles. The molecule has 116 valence electrons. The van der Waals surface area contributed by atoms with Gasteiger partial charge in [-0.05, 0) is 37.8 Å². The van der Waals surface area contributed by atoms with Gasteiger partial charge in [-0.2, -0.15) is 0 Å². The molecule has 2 fully saturated rings. The van der Waals surface area contributed by atoms with Crippen molar-refractivity contribution in [3.05, 3.63) is 22.2 Å². The van der Waals surface area contributed by atoms with E-state index in [9.17, 15) is 0 Å². The Morgan fingerprint density at radius 2 is 2.10 bits per heavy atom. The van der Waals surface area contributed by atoms with Crippen molar-refractivity contribution in [1.82, 2.24) is 5.32 Å². The van der Waals surface area contributed by atoms with Crippen LogP contribution in [0.25, 0.3) is 0 Å². The Labute approximate surface area is 134 Å². The summed E-state index contributed by atoms with van der Waals surface area (Å²) in [4.78, 5) is 0. The van der Waals surface area contributed by atoms with Crippen molar-refractivity contribution in [3.63, 3.8) is 0 Å². The highest BCUT2D eigenvalue weighted by Gasteiger charge is 2.26. The fourth-order valence-electron chi connectivity index (χ4n) is 3.04.